The molecule has 0 radical (unpaired) electrons. The predicted octanol–water partition coefficient (Wildman–Crippen LogP) is 1.64. The molecule has 18 heavy (non-hydrogen) atoms. The van der Waals surface area contributed by atoms with E-state index in [4.69, 9.17) is 15.1 Å². The number of carbonyl (C=O) groups is 1. The van der Waals surface area contributed by atoms with Crippen molar-refractivity contribution in [3.8, 4) is 11.8 Å². The minimum atomic E-state index is -0.969. The summed E-state index contributed by atoms with van der Waals surface area (Å²) in [5.41, 5.74) is 0.929. The number of nitriles is 1. The summed E-state index contributed by atoms with van der Waals surface area (Å²) >= 11 is 0. The number of anilines is 1. The van der Waals surface area contributed by atoms with Crippen molar-refractivity contribution in [1.82, 2.24) is 0 Å². The van der Waals surface area contributed by atoms with Gasteiger partial charge in [-0.3, -0.25) is 4.79 Å². The largest absolute Gasteiger partial charge is 0.497 e. The van der Waals surface area contributed by atoms with Gasteiger partial charge in [-0.2, -0.15) is 5.26 Å². The third-order valence-electron chi connectivity index (χ3n) is 2.34. The Balaban J connectivity index is 3.19. The minimum absolute atomic E-state index is 0.201. The van der Waals surface area contributed by atoms with E-state index in [2.05, 4.69) is 6.58 Å². The van der Waals surface area contributed by atoms with Gasteiger partial charge in [0.25, 0.3) is 0 Å². The topological polar surface area (TPSA) is 73.6 Å². The summed E-state index contributed by atoms with van der Waals surface area (Å²) < 4.78 is 5.08. The van der Waals surface area contributed by atoms with Crippen molar-refractivity contribution in [2.24, 2.45) is 0 Å². The molecule has 0 saturated carbocycles. The molecule has 0 unspecified atom stereocenters. The van der Waals surface area contributed by atoms with Crippen LogP contribution in [0.5, 0.6) is 5.75 Å². The molecule has 0 saturated heterocycles. The Hall–Kier alpha value is -2.48. The van der Waals surface area contributed by atoms with Crippen molar-refractivity contribution in [3.63, 3.8) is 0 Å². The van der Waals surface area contributed by atoms with E-state index >= 15 is 0 Å². The summed E-state index contributed by atoms with van der Waals surface area (Å²) in [5.74, 6) is -0.396. The van der Waals surface area contributed by atoms with Crippen molar-refractivity contribution in [2.45, 2.75) is 0 Å². The molecule has 1 aromatic rings. The average Bonchev–Trinajstić information content (AvgIpc) is 2.37. The summed E-state index contributed by atoms with van der Waals surface area (Å²) in [5, 5.41) is 17.9. The van der Waals surface area contributed by atoms with Gasteiger partial charge in [0, 0.05) is 12.6 Å². The molecule has 0 fully saturated rings. The lowest BCUT2D eigenvalue weighted by atomic mass is 10.1. The number of rotatable bonds is 6. The third-order valence-corrected chi connectivity index (χ3v) is 2.34. The molecule has 0 heterocycles. The number of nitrogens with zero attached hydrogens (tertiary/aromatic N) is 2. The van der Waals surface area contributed by atoms with Crippen LogP contribution in [0.3, 0.4) is 0 Å². The van der Waals surface area contributed by atoms with Crippen LogP contribution in [-0.4, -0.2) is 31.3 Å². The molecule has 5 heteroatoms. The quantitative estimate of drug-likeness (QED) is 0.772. The van der Waals surface area contributed by atoms with Gasteiger partial charge in [-0.25, -0.2) is 0 Å². The first-order valence-corrected chi connectivity index (χ1v) is 5.28. The lowest BCUT2D eigenvalue weighted by molar-refractivity contribution is -0.135. The maximum absolute atomic E-state index is 10.8. The Bertz CT molecular complexity index is 491. The molecule has 0 aliphatic carbocycles. The Kier molecular flexibility index (Phi) is 4.76. The fourth-order valence-corrected chi connectivity index (χ4v) is 1.56. The molecular formula is C13H14N2O3. The van der Waals surface area contributed by atoms with Crippen LogP contribution in [0.15, 0.2) is 30.9 Å². The van der Waals surface area contributed by atoms with E-state index in [-0.39, 0.29) is 6.54 Å². The average molecular weight is 246 g/mol. The Morgan fingerprint density at radius 1 is 1.67 bits per heavy atom. The minimum Gasteiger partial charge on any atom is -0.497 e. The van der Waals surface area contributed by atoms with E-state index < -0.39 is 5.97 Å². The molecule has 5 nitrogen and oxygen atoms in total. The zero-order chi connectivity index (χ0) is 13.5. The number of benzene rings is 1. The second kappa shape index (κ2) is 6.30. The molecule has 0 atom stereocenters. The predicted molar refractivity (Wildman–Crippen MR) is 67.8 cm³/mol. The highest BCUT2D eigenvalue weighted by Crippen LogP contribution is 2.25. The number of carboxylic acids is 1. The molecule has 0 aromatic heterocycles. The molecule has 0 spiro atoms. The smallest absolute Gasteiger partial charge is 0.323 e. The SMILES string of the molecule is C=CCN(CC(=O)O)c1cc(OC)ccc1C#N. The lowest BCUT2D eigenvalue weighted by Gasteiger charge is -2.22. The van der Waals surface area contributed by atoms with Crippen LogP contribution >= 0.6 is 0 Å². The molecular weight excluding hydrogens is 232 g/mol. The van der Waals surface area contributed by atoms with Crippen LogP contribution in [0.2, 0.25) is 0 Å². The van der Waals surface area contributed by atoms with Gasteiger partial charge >= 0.3 is 5.97 Å². The van der Waals surface area contributed by atoms with Crippen LogP contribution in [0.25, 0.3) is 0 Å². The van der Waals surface area contributed by atoms with Gasteiger partial charge in [-0.1, -0.05) is 6.08 Å². The molecule has 0 aliphatic rings. The van der Waals surface area contributed by atoms with Crippen molar-refractivity contribution < 1.29 is 14.6 Å². The zero-order valence-electron chi connectivity index (χ0n) is 10.1. The van der Waals surface area contributed by atoms with E-state index in [1.807, 2.05) is 6.07 Å². The van der Waals surface area contributed by atoms with Crippen LogP contribution in [-0.2, 0) is 4.79 Å². The fraction of sp³-hybridized carbons (Fsp3) is 0.231. The van der Waals surface area contributed by atoms with Gasteiger partial charge < -0.3 is 14.7 Å². The van der Waals surface area contributed by atoms with Gasteiger partial charge in [0.15, 0.2) is 0 Å². The van der Waals surface area contributed by atoms with Gasteiger partial charge in [0.2, 0.25) is 0 Å². The molecule has 0 amide bonds. The Labute approximate surface area is 106 Å². The third kappa shape index (κ3) is 3.25. The summed E-state index contributed by atoms with van der Waals surface area (Å²) in [7, 11) is 1.51. The first-order valence-electron chi connectivity index (χ1n) is 5.28. The maximum atomic E-state index is 10.8. The highest BCUT2D eigenvalue weighted by atomic mass is 16.5. The van der Waals surface area contributed by atoms with Crippen LogP contribution in [0.1, 0.15) is 5.56 Å². The lowest BCUT2D eigenvalue weighted by Crippen LogP contribution is -2.30. The number of ether oxygens (including phenoxy) is 1. The van der Waals surface area contributed by atoms with E-state index in [9.17, 15) is 4.79 Å². The van der Waals surface area contributed by atoms with Crippen LogP contribution in [0, 0.1) is 11.3 Å². The number of carboxylic acid groups (broad SMARTS) is 1. The Morgan fingerprint density at radius 3 is 2.89 bits per heavy atom. The second-order valence-electron chi connectivity index (χ2n) is 3.56. The highest BCUT2D eigenvalue weighted by Gasteiger charge is 2.14. The first kappa shape index (κ1) is 13.6. The first-order chi connectivity index (χ1) is 8.62. The zero-order valence-corrected chi connectivity index (χ0v) is 10.1. The molecule has 0 aliphatic heterocycles. The van der Waals surface area contributed by atoms with E-state index in [1.54, 1.807) is 29.2 Å². The second-order valence-corrected chi connectivity index (χ2v) is 3.56. The van der Waals surface area contributed by atoms with Crippen molar-refractivity contribution in [2.75, 3.05) is 25.1 Å². The summed E-state index contributed by atoms with van der Waals surface area (Å²) in [6, 6.07) is 6.94. The van der Waals surface area contributed by atoms with Crippen molar-refractivity contribution in [3.05, 3.63) is 36.4 Å². The number of hydrogen-bond donors (Lipinski definition) is 1. The number of hydrogen-bond acceptors (Lipinski definition) is 4. The van der Waals surface area contributed by atoms with Crippen LogP contribution < -0.4 is 9.64 Å². The molecule has 94 valence electrons. The van der Waals surface area contributed by atoms with Gasteiger partial charge in [-0.15, -0.1) is 6.58 Å². The van der Waals surface area contributed by atoms with E-state index in [1.165, 1.54) is 7.11 Å². The van der Waals surface area contributed by atoms with E-state index in [0.29, 0.717) is 23.5 Å². The Morgan fingerprint density at radius 2 is 2.39 bits per heavy atom. The molecule has 1 rings (SSSR count). The fourth-order valence-electron chi connectivity index (χ4n) is 1.56. The normalized spacial score (nSPS) is 9.33. The van der Waals surface area contributed by atoms with E-state index in [0.717, 1.165) is 0 Å². The van der Waals surface area contributed by atoms with Crippen molar-refractivity contribution in [1.29, 1.82) is 5.26 Å². The molecule has 1 N–H and O–H groups in total. The molecule has 0 bridgehead atoms. The van der Waals surface area contributed by atoms with Crippen molar-refractivity contribution >= 4 is 11.7 Å². The summed E-state index contributed by atoms with van der Waals surface area (Å²) in [6.07, 6.45) is 1.59. The number of aliphatic carboxylic acids is 1. The van der Waals surface area contributed by atoms with Crippen LogP contribution in [0.4, 0.5) is 5.69 Å². The monoisotopic (exact) mass is 246 g/mol. The summed E-state index contributed by atoms with van der Waals surface area (Å²) in [4.78, 5) is 12.4. The van der Waals surface area contributed by atoms with Gasteiger partial charge in [-0.05, 0) is 12.1 Å². The highest BCUT2D eigenvalue weighted by molar-refractivity contribution is 5.75. The molecule has 1 aromatic carbocycles. The summed E-state index contributed by atoms with van der Waals surface area (Å²) in [6.45, 7) is 3.72. The standard InChI is InChI=1S/C13H14N2O3/c1-3-6-15(9-13(16)17)12-7-11(18-2)5-4-10(12)8-14/h3-5,7H,1,6,9H2,2H3,(H,16,17). The number of methoxy groups -OCH3 is 1. The van der Waals surface area contributed by atoms with Gasteiger partial charge in [0.1, 0.15) is 18.4 Å². The maximum Gasteiger partial charge on any atom is 0.323 e. The van der Waals surface area contributed by atoms with Gasteiger partial charge in [0.05, 0.1) is 18.4 Å².